The second-order valence-electron chi connectivity index (χ2n) is 5.07. The van der Waals surface area contributed by atoms with E-state index in [0.717, 1.165) is 18.4 Å². The maximum atomic E-state index is 12.0. The van der Waals surface area contributed by atoms with Crippen molar-refractivity contribution < 1.29 is 19.4 Å². The fourth-order valence-corrected chi connectivity index (χ4v) is 1.79. The molecule has 4 heteroatoms. The smallest absolute Gasteiger partial charge is 0.335 e. The first-order valence-electron chi connectivity index (χ1n) is 7.13. The Hall–Kier alpha value is -1.55. The van der Waals surface area contributed by atoms with E-state index in [1.807, 2.05) is 19.9 Å². The first kappa shape index (κ1) is 16.5. The van der Waals surface area contributed by atoms with Crippen molar-refractivity contribution in [3.63, 3.8) is 0 Å². The Morgan fingerprint density at radius 2 is 2.10 bits per heavy atom. The molecule has 1 unspecified atom stereocenters. The number of benzene rings is 1. The predicted octanol–water partition coefficient (Wildman–Crippen LogP) is 3.07. The third-order valence-electron chi connectivity index (χ3n) is 2.76. The van der Waals surface area contributed by atoms with Crippen LogP contribution in [0.2, 0.25) is 0 Å². The van der Waals surface area contributed by atoms with Crippen molar-refractivity contribution in [2.45, 2.75) is 52.2 Å². The van der Waals surface area contributed by atoms with E-state index in [0.29, 0.717) is 13.0 Å². The number of unbranched alkanes of at least 4 members (excludes halogenated alkanes) is 1. The van der Waals surface area contributed by atoms with Crippen LogP contribution in [0.15, 0.2) is 24.3 Å². The van der Waals surface area contributed by atoms with Gasteiger partial charge in [0.2, 0.25) is 0 Å². The van der Waals surface area contributed by atoms with Gasteiger partial charge in [-0.25, -0.2) is 4.79 Å². The Bertz CT molecular complexity index is 415. The first-order valence-corrected chi connectivity index (χ1v) is 7.13. The summed E-state index contributed by atoms with van der Waals surface area (Å²) < 4.78 is 10.9. The van der Waals surface area contributed by atoms with Crippen LogP contribution in [0.4, 0.5) is 0 Å². The van der Waals surface area contributed by atoms with Crippen molar-refractivity contribution >= 4 is 5.97 Å². The lowest BCUT2D eigenvalue weighted by Crippen LogP contribution is -2.31. The monoisotopic (exact) mass is 280 g/mol. The summed E-state index contributed by atoms with van der Waals surface area (Å²) in [5, 5.41) is 9.47. The average Bonchev–Trinajstić information content (AvgIpc) is 2.37. The largest absolute Gasteiger partial charge is 0.508 e. The fourth-order valence-electron chi connectivity index (χ4n) is 1.79. The van der Waals surface area contributed by atoms with Gasteiger partial charge in [0.15, 0.2) is 6.10 Å². The maximum Gasteiger partial charge on any atom is 0.335 e. The Balaban J connectivity index is 2.68. The van der Waals surface area contributed by atoms with Gasteiger partial charge < -0.3 is 14.6 Å². The van der Waals surface area contributed by atoms with Crippen molar-refractivity contribution in [3.05, 3.63) is 29.8 Å². The second-order valence-corrected chi connectivity index (χ2v) is 5.07. The lowest BCUT2D eigenvalue weighted by atomic mass is 10.1. The van der Waals surface area contributed by atoms with E-state index in [2.05, 4.69) is 6.92 Å². The van der Waals surface area contributed by atoms with Crippen LogP contribution in [0.25, 0.3) is 0 Å². The summed E-state index contributed by atoms with van der Waals surface area (Å²) in [6, 6.07) is 6.85. The Morgan fingerprint density at radius 3 is 2.70 bits per heavy atom. The summed E-state index contributed by atoms with van der Waals surface area (Å²) in [4.78, 5) is 12.0. The molecule has 0 aromatic heterocycles. The predicted molar refractivity (Wildman–Crippen MR) is 77.7 cm³/mol. The molecule has 0 aliphatic rings. The third-order valence-corrected chi connectivity index (χ3v) is 2.76. The minimum Gasteiger partial charge on any atom is -0.508 e. The minimum absolute atomic E-state index is 0.163. The standard InChI is InChI=1S/C16H24O4/c1-4-5-9-19-15(16(18)20-12(2)3)11-13-7-6-8-14(17)10-13/h6-8,10,12,15,17H,4-5,9,11H2,1-3H3. The molecule has 1 atom stereocenters. The molecule has 0 saturated heterocycles. The van der Waals surface area contributed by atoms with Gasteiger partial charge in [0.25, 0.3) is 0 Å². The lowest BCUT2D eigenvalue weighted by molar-refractivity contribution is -0.161. The molecule has 0 fully saturated rings. The lowest BCUT2D eigenvalue weighted by Gasteiger charge is -2.18. The molecule has 0 bridgehead atoms. The Labute approximate surface area is 120 Å². The molecule has 1 rings (SSSR count). The Morgan fingerprint density at radius 1 is 1.35 bits per heavy atom. The molecule has 0 saturated carbocycles. The highest BCUT2D eigenvalue weighted by Crippen LogP contribution is 2.15. The summed E-state index contributed by atoms with van der Waals surface area (Å²) in [6.07, 6.45) is 1.54. The van der Waals surface area contributed by atoms with E-state index >= 15 is 0 Å². The summed E-state index contributed by atoms with van der Waals surface area (Å²) in [5.41, 5.74) is 0.854. The number of carbonyl (C=O) groups excluding carboxylic acids is 1. The zero-order valence-corrected chi connectivity index (χ0v) is 12.5. The van der Waals surface area contributed by atoms with E-state index in [1.165, 1.54) is 0 Å². The quantitative estimate of drug-likeness (QED) is 0.587. The van der Waals surface area contributed by atoms with E-state index < -0.39 is 6.10 Å². The van der Waals surface area contributed by atoms with Crippen LogP contribution in [-0.4, -0.2) is 29.9 Å². The number of esters is 1. The molecule has 112 valence electrons. The molecule has 1 aromatic carbocycles. The van der Waals surface area contributed by atoms with Crippen LogP contribution >= 0.6 is 0 Å². The number of carbonyl (C=O) groups is 1. The molecule has 0 amide bonds. The minimum atomic E-state index is -0.620. The molecule has 20 heavy (non-hydrogen) atoms. The number of aromatic hydroxyl groups is 1. The maximum absolute atomic E-state index is 12.0. The third kappa shape index (κ3) is 6.06. The molecule has 0 aliphatic heterocycles. The van der Waals surface area contributed by atoms with Crippen molar-refractivity contribution in [2.24, 2.45) is 0 Å². The molecule has 0 aliphatic carbocycles. The topological polar surface area (TPSA) is 55.8 Å². The van der Waals surface area contributed by atoms with Gasteiger partial charge in [0, 0.05) is 13.0 Å². The van der Waals surface area contributed by atoms with Crippen LogP contribution in [0.1, 0.15) is 39.2 Å². The van der Waals surface area contributed by atoms with Crippen LogP contribution in [0, 0.1) is 0 Å². The normalized spacial score (nSPS) is 12.4. The van der Waals surface area contributed by atoms with Gasteiger partial charge >= 0.3 is 5.97 Å². The molecule has 0 heterocycles. The van der Waals surface area contributed by atoms with Gasteiger partial charge in [0.05, 0.1) is 6.10 Å². The SMILES string of the molecule is CCCCOC(Cc1cccc(O)c1)C(=O)OC(C)C. The van der Waals surface area contributed by atoms with E-state index in [9.17, 15) is 9.90 Å². The highest BCUT2D eigenvalue weighted by atomic mass is 16.6. The molecule has 0 radical (unpaired) electrons. The average molecular weight is 280 g/mol. The van der Waals surface area contributed by atoms with Crippen molar-refractivity contribution in [3.8, 4) is 5.75 Å². The molecule has 0 spiro atoms. The van der Waals surface area contributed by atoms with E-state index in [1.54, 1.807) is 18.2 Å². The van der Waals surface area contributed by atoms with E-state index in [-0.39, 0.29) is 17.8 Å². The zero-order valence-electron chi connectivity index (χ0n) is 12.5. The number of rotatable bonds is 8. The van der Waals surface area contributed by atoms with Gasteiger partial charge in [-0.2, -0.15) is 0 Å². The van der Waals surface area contributed by atoms with Crippen LogP contribution in [0.3, 0.4) is 0 Å². The van der Waals surface area contributed by atoms with Crippen molar-refractivity contribution in [2.75, 3.05) is 6.61 Å². The molecule has 4 nitrogen and oxygen atoms in total. The van der Waals surface area contributed by atoms with Gasteiger partial charge in [-0.1, -0.05) is 25.5 Å². The van der Waals surface area contributed by atoms with Gasteiger partial charge in [0.1, 0.15) is 5.75 Å². The summed E-state index contributed by atoms with van der Waals surface area (Å²) >= 11 is 0. The van der Waals surface area contributed by atoms with Crippen molar-refractivity contribution in [1.29, 1.82) is 0 Å². The van der Waals surface area contributed by atoms with E-state index in [4.69, 9.17) is 9.47 Å². The van der Waals surface area contributed by atoms with Gasteiger partial charge in [-0.15, -0.1) is 0 Å². The molecular weight excluding hydrogens is 256 g/mol. The number of phenolic OH excluding ortho intramolecular Hbond substituents is 1. The fraction of sp³-hybridized carbons (Fsp3) is 0.562. The summed E-state index contributed by atoms with van der Waals surface area (Å²) in [7, 11) is 0. The molecule has 1 N–H and O–H groups in total. The Kier molecular flexibility index (Phi) is 7.09. The zero-order chi connectivity index (χ0) is 15.0. The molecule has 1 aromatic rings. The highest BCUT2D eigenvalue weighted by molar-refractivity contribution is 5.75. The number of hydrogen-bond donors (Lipinski definition) is 1. The number of phenols is 1. The van der Waals surface area contributed by atoms with Gasteiger partial charge in [-0.3, -0.25) is 0 Å². The molecular formula is C16H24O4. The van der Waals surface area contributed by atoms with Crippen molar-refractivity contribution in [1.82, 2.24) is 0 Å². The van der Waals surface area contributed by atoms with Crippen LogP contribution < -0.4 is 0 Å². The van der Waals surface area contributed by atoms with Crippen LogP contribution in [0.5, 0.6) is 5.75 Å². The number of hydrogen-bond acceptors (Lipinski definition) is 4. The summed E-state index contributed by atoms with van der Waals surface area (Å²) in [6.45, 7) is 6.23. The van der Waals surface area contributed by atoms with Crippen LogP contribution in [-0.2, 0) is 20.7 Å². The summed E-state index contributed by atoms with van der Waals surface area (Å²) in [5.74, 6) is -0.161. The number of ether oxygens (including phenoxy) is 2. The highest BCUT2D eigenvalue weighted by Gasteiger charge is 2.22. The second kappa shape index (κ2) is 8.59. The van der Waals surface area contributed by atoms with Gasteiger partial charge in [-0.05, 0) is 38.0 Å². The first-order chi connectivity index (χ1) is 9.52.